The summed E-state index contributed by atoms with van der Waals surface area (Å²) in [5, 5.41) is 2.05. The summed E-state index contributed by atoms with van der Waals surface area (Å²) in [4.78, 5) is 4.20. The Labute approximate surface area is 67.3 Å². The highest BCUT2D eigenvalue weighted by molar-refractivity contribution is 9.11. The molecule has 0 saturated carbocycles. The molecule has 0 saturated heterocycles. The number of hydrogen-bond acceptors (Lipinski definition) is 2. The van der Waals surface area contributed by atoms with Crippen molar-refractivity contribution in [3.05, 3.63) is 21.9 Å². The zero-order valence-electron chi connectivity index (χ0n) is 4.93. The molecular weight excluding hydrogens is 198 g/mol. The van der Waals surface area contributed by atoms with E-state index in [4.69, 9.17) is 0 Å². The van der Waals surface area contributed by atoms with Crippen LogP contribution in [0.3, 0.4) is 0 Å². The van der Waals surface area contributed by atoms with E-state index >= 15 is 0 Å². The first-order valence-electron chi connectivity index (χ1n) is 2.72. The maximum absolute atomic E-state index is 4.20. The minimum Gasteiger partial charge on any atom is -0.234 e. The summed E-state index contributed by atoms with van der Waals surface area (Å²) in [7, 11) is 0. The molecule has 0 unspecified atom stereocenters. The molecule has 3 heteroatoms. The van der Waals surface area contributed by atoms with Gasteiger partial charge in [0.1, 0.15) is 0 Å². The van der Waals surface area contributed by atoms with Crippen LogP contribution in [0.1, 0.15) is 12.1 Å². The molecule has 49 valence electrons. The van der Waals surface area contributed by atoms with Crippen molar-refractivity contribution in [3.63, 3.8) is 0 Å². The predicted molar refractivity (Wildman–Crippen MR) is 43.5 cm³/mol. The number of rotatable bonds is 2. The zero-order valence-corrected chi connectivity index (χ0v) is 7.33. The first-order valence-corrected chi connectivity index (χ1v) is 4.39. The van der Waals surface area contributed by atoms with Crippen molar-refractivity contribution in [2.24, 2.45) is 0 Å². The minimum atomic E-state index is 0.927. The predicted octanol–water partition coefficient (Wildman–Crippen LogP) is 2.67. The maximum Gasteiger partial charge on any atom is 0.159 e. The van der Waals surface area contributed by atoms with Gasteiger partial charge in [0, 0.05) is 5.38 Å². The van der Waals surface area contributed by atoms with Gasteiger partial charge in [-0.25, -0.2) is 4.98 Å². The lowest BCUT2D eigenvalue weighted by molar-refractivity contribution is 0.953. The number of aryl methyl sites for hydroxylation is 1. The Balaban J connectivity index is 2.61. The number of halogens is 1. The van der Waals surface area contributed by atoms with E-state index in [1.165, 1.54) is 0 Å². The summed E-state index contributed by atoms with van der Waals surface area (Å²) in [5.74, 6) is 0. The molecule has 1 aromatic rings. The number of nitrogens with zero attached hydrogens (tertiary/aromatic N) is 1. The van der Waals surface area contributed by atoms with Crippen LogP contribution in [-0.2, 0) is 6.42 Å². The lowest BCUT2D eigenvalue weighted by atomic mass is 10.3. The fourth-order valence-corrected chi connectivity index (χ4v) is 1.66. The van der Waals surface area contributed by atoms with E-state index in [0.29, 0.717) is 0 Å². The van der Waals surface area contributed by atoms with Gasteiger partial charge in [-0.3, -0.25) is 0 Å². The van der Waals surface area contributed by atoms with E-state index in [1.807, 2.05) is 0 Å². The van der Waals surface area contributed by atoms with Crippen LogP contribution in [0.2, 0.25) is 0 Å². The third-order valence-electron chi connectivity index (χ3n) is 0.957. The van der Waals surface area contributed by atoms with Crippen molar-refractivity contribution in [2.75, 3.05) is 0 Å². The molecule has 1 heterocycles. The normalized spacial score (nSPS) is 10.0. The zero-order chi connectivity index (χ0) is 6.69. The van der Waals surface area contributed by atoms with Crippen molar-refractivity contribution < 1.29 is 0 Å². The summed E-state index contributed by atoms with van der Waals surface area (Å²) in [5.41, 5.74) is 1.14. The number of hydrogen-bond donors (Lipinski definition) is 0. The topological polar surface area (TPSA) is 12.9 Å². The molecule has 1 radical (unpaired) electrons. The van der Waals surface area contributed by atoms with Gasteiger partial charge in [0.05, 0.1) is 5.69 Å². The van der Waals surface area contributed by atoms with Gasteiger partial charge in [0.25, 0.3) is 0 Å². The molecular formula is C6H7BrNS. The maximum atomic E-state index is 4.20. The molecule has 0 fully saturated rings. The van der Waals surface area contributed by atoms with Gasteiger partial charge in [-0.15, -0.1) is 11.3 Å². The van der Waals surface area contributed by atoms with Gasteiger partial charge in [0.15, 0.2) is 3.92 Å². The van der Waals surface area contributed by atoms with Crippen LogP contribution in [0.25, 0.3) is 0 Å². The van der Waals surface area contributed by atoms with Crippen molar-refractivity contribution in [1.29, 1.82) is 0 Å². The Hall–Kier alpha value is 0.110. The molecule has 1 nitrogen and oxygen atoms in total. The van der Waals surface area contributed by atoms with E-state index in [2.05, 4.69) is 33.2 Å². The SMILES string of the molecule is [CH2]CCc1csc(Br)n1. The Morgan fingerprint density at radius 3 is 3.00 bits per heavy atom. The average Bonchev–Trinajstić information content (AvgIpc) is 2.17. The standard InChI is InChI=1S/C6H7BrNS/c1-2-3-5-4-9-6(7)8-5/h4H,1-3H2. The highest BCUT2D eigenvalue weighted by Gasteiger charge is 1.95. The molecule has 0 aliphatic heterocycles. The molecule has 0 atom stereocenters. The molecule has 0 aliphatic carbocycles. The molecule has 1 aromatic heterocycles. The lowest BCUT2D eigenvalue weighted by Gasteiger charge is -1.85. The average molecular weight is 205 g/mol. The van der Waals surface area contributed by atoms with Gasteiger partial charge >= 0.3 is 0 Å². The van der Waals surface area contributed by atoms with E-state index in [-0.39, 0.29) is 0 Å². The molecule has 1 rings (SSSR count). The molecule has 0 aromatic carbocycles. The second-order valence-corrected chi connectivity index (χ2v) is 3.83. The highest BCUT2D eigenvalue weighted by Crippen LogP contribution is 2.16. The quantitative estimate of drug-likeness (QED) is 0.723. The Morgan fingerprint density at radius 2 is 2.56 bits per heavy atom. The van der Waals surface area contributed by atoms with Crippen LogP contribution in [0, 0.1) is 6.92 Å². The van der Waals surface area contributed by atoms with Crippen molar-refractivity contribution in [1.82, 2.24) is 4.98 Å². The molecule has 0 bridgehead atoms. The van der Waals surface area contributed by atoms with Crippen LogP contribution in [-0.4, -0.2) is 4.98 Å². The summed E-state index contributed by atoms with van der Waals surface area (Å²) in [6.07, 6.45) is 1.91. The van der Waals surface area contributed by atoms with Crippen LogP contribution in [0.4, 0.5) is 0 Å². The molecule has 9 heavy (non-hydrogen) atoms. The summed E-state index contributed by atoms with van der Waals surface area (Å²) >= 11 is 4.91. The van der Waals surface area contributed by atoms with Crippen molar-refractivity contribution >= 4 is 27.3 Å². The second kappa shape index (κ2) is 3.32. The van der Waals surface area contributed by atoms with E-state index in [9.17, 15) is 0 Å². The molecule has 0 amide bonds. The second-order valence-electron chi connectivity index (χ2n) is 1.70. The fourth-order valence-electron chi connectivity index (χ4n) is 0.578. The summed E-state index contributed by atoms with van der Waals surface area (Å²) < 4.78 is 0.964. The Kier molecular flexibility index (Phi) is 2.66. The van der Waals surface area contributed by atoms with Gasteiger partial charge in [-0.1, -0.05) is 6.92 Å². The fraction of sp³-hybridized carbons (Fsp3) is 0.333. The summed E-state index contributed by atoms with van der Waals surface area (Å²) in [6.45, 7) is 3.74. The number of aromatic nitrogens is 1. The monoisotopic (exact) mass is 204 g/mol. The smallest absolute Gasteiger partial charge is 0.159 e. The minimum absolute atomic E-state index is 0.927. The van der Waals surface area contributed by atoms with Gasteiger partial charge in [-0.05, 0) is 28.8 Å². The van der Waals surface area contributed by atoms with Crippen LogP contribution in [0.15, 0.2) is 9.30 Å². The first kappa shape index (κ1) is 7.22. The molecule has 0 spiro atoms. The molecule has 0 aliphatic rings. The van der Waals surface area contributed by atoms with Crippen molar-refractivity contribution in [3.8, 4) is 0 Å². The van der Waals surface area contributed by atoms with Gasteiger partial charge < -0.3 is 0 Å². The summed E-state index contributed by atoms with van der Waals surface area (Å²) in [6, 6.07) is 0. The highest BCUT2D eigenvalue weighted by atomic mass is 79.9. The number of thiazole rings is 1. The van der Waals surface area contributed by atoms with E-state index < -0.39 is 0 Å². The lowest BCUT2D eigenvalue weighted by Crippen LogP contribution is -1.80. The van der Waals surface area contributed by atoms with Gasteiger partial charge in [-0.2, -0.15) is 0 Å². The van der Waals surface area contributed by atoms with Gasteiger partial charge in [0.2, 0.25) is 0 Å². The van der Waals surface area contributed by atoms with Crippen molar-refractivity contribution in [2.45, 2.75) is 12.8 Å². The van der Waals surface area contributed by atoms with Crippen LogP contribution < -0.4 is 0 Å². The van der Waals surface area contributed by atoms with Crippen LogP contribution >= 0.6 is 27.3 Å². The molecule has 0 N–H and O–H groups in total. The first-order chi connectivity index (χ1) is 4.33. The third kappa shape index (κ3) is 2.06. The Morgan fingerprint density at radius 1 is 1.78 bits per heavy atom. The van der Waals surface area contributed by atoms with Crippen LogP contribution in [0.5, 0.6) is 0 Å². The third-order valence-corrected chi connectivity index (χ3v) is 2.37. The van der Waals surface area contributed by atoms with E-state index in [0.717, 1.165) is 22.5 Å². The largest absolute Gasteiger partial charge is 0.234 e. The Bertz CT molecular complexity index is 185. The van der Waals surface area contributed by atoms with E-state index in [1.54, 1.807) is 11.3 Å².